The number of nitrogens with one attached hydrogen (secondary N) is 2. The molecule has 8 heteroatoms. The molecule has 2 N–H and O–H groups in total. The zero-order chi connectivity index (χ0) is 16.7. The summed E-state index contributed by atoms with van der Waals surface area (Å²) in [4.78, 5) is 17.8. The van der Waals surface area contributed by atoms with Crippen molar-refractivity contribution in [2.45, 2.75) is 6.54 Å². The van der Waals surface area contributed by atoms with Crippen LogP contribution in [-0.2, 0) is 11.3 Å². The lowest BCUT2D eigenvalue weighted by molar-refractivity contribution is -0.115. The molecule has 0 bridgehead atoms. The third-order valence-electron chi connectivity index (χ3n) is 3.00. The lowest BCUT2D eigenvalue weighted by Crippen LogP contribution is -2.42. The number of carbonyl (C=O) groups is 1. The van der Waals surface area contributed by atoms with Crippen LogP contribution in [-0.4, -0.2) is 42.6 Å². The van der Waals surface area contributed by atoms with Gasteiger partial charge in [-0.2, -0.15) is 0 Å². The molecule has 0 atom stereocenters. The van der Waals surface area contributed by atoms with Crippen LogP contribution >= 0.6 is 0 Å². The van der Waals surface area contributed by atoms with Gasteiger partial charge in [-0.3, -0.25) is 9.79 Å². The number of hydrogen-bond donors (Lipinski definition) is 2. The Morgan fingerprint density at radius 3 is 2.70 bits per heavy atom. The van der Waals surface area contributed by atoms with Crippen molar-refractivity contribution in [1.29, 1.82) is 0 Å². The second kappa shape index (κ2) is 7.92. The molecule has 1 heterocycles. The maximum absolute atomic E-state index is 12.8. The molecule has 7 nitrogen and oxygen atoms in total. The topological polar surface area (TPSA) is 82.8 Å². The summed E-state index contributed by atoms with van der Waals surface area (Å²) < 4.78 is 17.6. The van der Waals surface area contributed by atoms with E-state index in [9.17, 15) is 9.18 Å². The highest BCUT2D eigenvalue weighted by Crippen LogP contribution is 2.07. The fourth-order valence-electron chi connectivity index (χ4n) is 1.92. The predicted molar refractivity (Wildman–Crippen MR) is 84.4 cm³/mol. The summed E-state index contributed by atoms with van der Waals surface area (Å²) in [7, 11) is 3.45. The Labute approximate surface area is 133 Å². The molecule has 2 rings (SSSR count). The molecule has 0 unspecified atom stereocenters. The number of aliphatic imine (C=N–C) groups is 1. The van der Waals surface area contributed by atoms with Gasteiger partial charge in [0, 0.05) is 25.8 Å². The number of carbonyl (C=O) groups excluding carboxylic acids is 1. The summed E-state index contributed by atoms with van der Waals surface area (Å²) in [6, 6.07) is 7.32. The third-order valence-corrected chi connectivity index (χ3v) is 3.00. The Bertz CT molecular complexity index is 655. The van der Waals surface area contributed by atoms with E-state index in [0.29, 0.717) is 18.2 Å². The number of anilines is 1. The van der Waals surface area contributed by atoms with Crippen LogP contribution in [0.5, 0.6) is 0 Å². The first-order valence-electron chi connectivity index (χ1n) is 6.95. The van der Waals surface area contributed by atoms with Gasteiger partial charge in [0.25, 0.3) is 0 Å². The fraction of sp³-hybridized carbons (Fsp3) is 0.267. The Morgan fingerprint density at radius 1 is 1.35 bits per heavy atom. The first kappa shape index (κ1) is 16.5. The highest BCUT2D eigenvalue weighted by atomic mass is 19.1. The van der Waals surface area contributed by atoms with E-state index in [1.54, 1.807) is 13.1 Å². The monoisotopic (exact) mass is 319 g/mol. The number of benzene rings is 1. The minimum Gasteiger partial charge on any atom is -0.364 e. The summed E-state index contributed by atoms with van der Waals surface area (Å²) in [5.41, 5.74) is 1.29. The molecule has 122 valence electrons. The van der Waals surface area contributed by atoms with Gasteiger partial charge in [-0.05, 0) is 24.3 Å². The highest BCUT2D eigenvalue weighted by Gasteiger charge is 2.10. The average Bonchev–Trinajstić information content (AvgIpc) is 3.03. The van der Waals surface area contributed by atoms with Crippen molar-refractivity contribution in [1.82, 2.24) is 15.4 Å². The molecule has 1 aromatic heterocycles. The summed E-state index contributed by atoms with van der Waals surface area (Å²) in [6.07, 6.45) is 1.50. The van der Waals surface area contributed by atoms with Crippen LogP contribution in [0.1, 0.15) is 5.69 Å². The van der Waals surface area contributed by atoms with Gasteiger partial charge >= 0.3 is 0 Å². The van der Waals surface area contributed by atoms with Gasteiger partial charge in [0.05, 0.1) is 13.1 Å². The van der Waals surface area contributed by atoms with E-state index in [-0.39, 0.29) is 18.3 Å². The second-order valence-electron chi connectivity index (χ2n) is 4.80. The predicted octanol–water partition coefficient (Wildman–Crippen LogP) is 1.46. The van der Waals surface area contributed by atoms with Crippen molar-refractivity contribution < 1.29 is 13.7 Å². The standard InChI is InChI=1S/C15H18FN5O2/c1-17-15(21(2)10-13-7-8-23-20-13)18-9-14(22)19-12-5-3-11(16)4-6-12/h3-8H,9-10H2,1-2H3,(H,17,18)(H,19,22). The van der Waals surface area contributed by atoms with Crippen LogP contribution in [0.3, 0.4) is 0 Å². The molecule has 0 aliphatic heterocycles. The van der Waals surface area contributed by atoms with Crippen LogP contribution in [0.4, 0.5) is 10.1 Å². The zero-order valence-corrected chi connectivity index (χ0v) is 12.9. The van der Waals surface area contributed by atoms with Crippen LogP contribution in [0, 0.1) is 5.82 Å². The SMILES string of the molecule is CN=C(NCC(=O)Nc1ccc(F)cc1)N(C)Cc1ccon1. The van der Waals surface area contributed by atoms with Crippen molar-refractivity contribution in [3.05, 3.63) is 48.1 Å². The smallest absolute Gasteiger partial charge is 0.243 e. The number of aromatic nitrogens is 1. The Hall–Kier alpha value is -2.90. The molecule has 0 radical (unpaired) electrons. The van der Waals surface area contributed by atoms with E-state index in [2.05, 4.69) is 20.8 Å². The van der Waals surface area contributed by atoms with Crippen molar-refractivity contribution in [2.24, 2.45) is 4.99 Å². The average molecular weight is 319 g/mol. The lowest BCUT2D eigenvalue weighted by atomic mass is 10.3. The number of rotatable bonds is 5. The van der Waals surface area contributed by atoms with Gasteiger partial charge in [0.15, 0.2) is 5.96 Å². The number of hydrogen-bond acceptors (Lipinski definition) is 4. The van der Waals surface area contributed by atoms with E-state index in [0.717, 1.165) is 5.69 Å². The molecule has 0 aliphatic rings. The minimum atomic E-state index is -0.351. The summed E-state index contributed by atoms with van der Waals surface area (Å²) in [6.45, 7) is 0.531. The third kappa shape index (κ3) is 5.10. The molecule has 0 saturated heterocycles. The molecule has 23 heavy (non-hydrogen) atoms. The van der Waals surface area contributed by atoms with Crippen LogP contribution < -0.4 is 10.6 Å². The number of halogens is 1. The minimum absolute atomic E-state index is 0.0349. The van der Waals surface area contributed by atoms with Crippen molar-refractivity contribution in [3.63, 3.8) is 0 Å². The molecule has 0 saturated carbocycles. The molecule has 0 aliphatic carbocycles. The second-order valence-corrected chi connectivity index (χ2v) is 4.80. The van der Waals surface area contributed by atoms with E-state index in [4.69, 9.17) is 4.52 Å². The Morgan fingerprint density at radius 2 is 2.09 bits per heavy atom. The molecule has 1 aromatic carbocycles. The molecule has 0 spiro atoms. The summed E-state index contributed by atoms with van der Waals surface area (Å²) in [5, 5.41) is 9.43. The van der Waals surface area contributed by atoms with E-state index < -0.39 is 0 Å². The van der Waals surface area contributed by atoms with Gasteiger partial charge in [-0.25, -0.2) is 4.39 Å². The van der Waals surface area contributed by atoms with Crippen LogP contribution in [0.15, 0.2) is 46.1 Å². The number of amides is 1. The molecule has 0 fully saturated rings. The quantitative estimate of drug-likeness (QED) is 0.644. The molecule has 1 amide bonds. The van der Waals surface area contributed by atoms with E-state index in [1.807, 2.05) is 11.9 Å². The van der Waals surface area contributed by atoms with Gasteiger partial charge in [-0.1, -0.05) is 5.16 Å². The molecular weight excluding hydrogens is 301 g/mol. The van der Waals surface area contributed by atoms with Gasteiger partial charge in [0.2, 0.25) is 5.91 Å². The van der Waals surface area contributed by atoms with Crippen LogP contribution in [0.2, 0.25) is 0 Å². The first-order chi connectivity index (χ1) is 11.1. The van der Waals surface area contributed by atoms with Crippen LogP contribution in [0.25, 0.3) is 0 Å². The Balaban J connectivity index is 1.82. The normalized spacial score (nSPS) is 11.2. The molecular formula is C15H18FN5O2. The fourth-order valence-corrected chi connectivity index (χ4v) is 1.92. The van der Waals surface area contributed by atoms with E-state index >= 15 is 0 Å². The Kier molecular flexibility index (Phi) is 5.67. The van der Waals surface area contributed by atoms with Gasteiger partial charge < -0.3 is 20.1 Å². The lowest BCUT2D eigenvalue weighted by Gasteiger charge is -2.20. The van der Waals surface area contributed by atoms with Crippen molar-refractivity contribution >= 4 is 17.6 Å². The van der Waals surface area contributed by atoms with Crippen molar-refractivity contribution in [2.75, 3.05) is 26.0 Å². The summed E-state index contributed by atoms with van der Waals surface area (Å²) >= 11 is 0. The first-order valence-corrected chi connectivity index (χ1v) is 6.95. The van der Waals surface area contributed by atoms with Crippen molar-refractivity contribution in [3.8, 4) is 0 Å². The summed E-state index contributed by atoms with van der Waals surface area (Å²) in [5.74, 6) is -0.0640. The number of guanidine groups is 1. The molecule has 2 aromatic rings. The largest absolute Gasteiger partial charge is 0.364 e. The van der Waals surface area contributed by atoms with Gasteiger partial charge in [0.1, 0.15) is 17.8 Å². The highest BCUT2D eigenvalue weighted by molar-refractivity contribution is 5.94. The van der Waals surface area contributed by atoms with Gasteiger partial charge in [-0.15, -0.1) is 0 Å². The number of nitrogens with zero attached hydrogens (tertiary/aromatic N) is 3. The maximum atomic E-state index is 12.8. The zero-order valence-electron chi connectivity index (χ0n) is 12.9. The maximum Gasteiger partial charge on any atom is 0.243 e. The van der Waals surface area contributed by atoms with E-state index in [1.165, 1.54) is 30.5 Å².